The monoisotopic (exact) mass is 175 g/mol. The van der Waals surface area contributed by atoms with E-state index in [1.807, 2.05) is 0 Å². The summed E-state index contributed by atoms with van der Waals surface area (Å²) in [5.74, 6) is 2.13. The fraction of sp³-hybridized carbons (Fsp3) is 0.222. The van der Waals surface area contributed by atoms with Crippen LogP contribution in [0.1, 0.15) is 17.3 Å². The minimum absolute atomic E-state index is 0.258. The van der Waals surface area contributed by atoms with E-state index in [1.54, 1.807) is 6.92 Å². The number of rotatable bonds is 2. The topological polar surface area (TPSA) is 54.9 Å². The van der Waals surface area contributed by atoms with E-state index in [-0.39, 0.29) is 11.9 Å². The van der Waals surface area contributed by atoms with E-state index in [0.717, 1.165) is 0 Å². The highest BCUT2D eigenvalue weighted by Gasteiger charge is 2.07. The first-order valence-electron chi connectivity index (χ1n) is 3.76. The molecule has 0 aliphatic heterocycles. The van der Waals surface area contributed by atoms with Gasteiger partial charge in [0.2, 0.25) is 0 Å². The van der Waals surface area contributed by atoms with Crippen molar-refractivity contribution >= 4 is 5.91 Å². The molecule has 1 heterocycles. The zero-order valence-corrected chi connectivity index (χ0v) is 7.19. The molecule has 4 heteroatoms. The second-order valence-corrected chi connectivity index (χ2v) is 2.49. The molecule has 1 N–H and O–H groups in total. The summed E-state index contributed by atoms with van der Waals surface area (Å²) in [4.78, 5) is 18.8. The maximum absolute atomic E-state index is 11.3. The number of amides is 1. The molecule has 0 saturated carbocycles. The average Bonchev–Trinajstić information content (AvgIpc) is 2.19. The maximum atomic E-state index is 11.3. The Hall–Kier alpha value is -1.89. The second kappa shape index (κ2) is 4.21. The molecule has 4 nitrogen and oxygen atoms in total. The first-order chi connectivity index (χ1) is 6.24. The third-order valence-electron chi connectivity index (χ3n) is 1.42. The molecular weight excluding hydrogens is 166 g/mol. The van der Waals surface area contributed by atoms with Gasteiger partial charge in [0.05, 0.1) is 11.6 Å². The Morgan fingerprint density at radius 2 is 2.23 bits per heavy atom. The fourth-order valence-corrected chi connectivity index (χ4v) is 0.738. The molecule has 1 rings (SSSR count). The number of terminal acetylenes is 1. The zero-order chi connectivity index (χ0) is 9.68. The van der Waals surface area contributed by atoms with Crippen LogP contribution in [0.25, 0.3) is 0 Å². The Morgan fingerprint density at radius 1 is 1.62 bits per heavy atom. The van der Waals surface area contributed by atoms with Crippen LogP contribution in [0, 0.1) is 12.3 Å². The molecule has 1 aromatic heterocycles. The molecule has 0 radical (unpaired) electrons. The van der Waals surface area contributed by atoms with Crippen LogP contribution in [0.15, 0.2) is 18.7 Å². The third kappa shape index (κ3) is 2.56. The van der Waals surface area contributed by atoms with Crippen molar-refractivity contribution < 1.29 is 4.79 Å². The van der Waals surface area contributed by atoms with Crippen molar-refractivity contribution in [2.75, 3.05) is 0 Å². The number of carbonyl (C=O) groups is 1. The van der Waals surface area contributed by atoms with Gasteiger partial charge in [-0.2, -0.15) is 0 Å². The van der Waals surface area contributed by atoms with Crippen LogP contribution in [0.4, 0.5) is 0 Å². The molecule has 0 saturated heterocycles. The highest BCUT2D eigenvalue weighted by atomic mass is 16.1. The van der Waals surface area contributed by atoms with Crippen molar-refractivity contribution in [3.8, 4) is 12.3 Å². The van der Waals surface area contributed by atoms with Crippen LogP contribution in [0.5, 0.6) is 0 Å². The van der Waals surface area contributed by atoms with Gasteiger partial charge in [0.1, 0.15) is 6.33 Å². The van der Waals surface area contributed by atoms with Crippen LogP contribution in [0.2, 0.25) is 0 Å². The molecule has 0 aliphatic rings. The summed E-state index contributed by atoms with van der Waals surface area (Å²) in [5.41, 5.74) is 0.407. The minimum Gasteiger partial charge on any atom is -0.339 e. The quantitative estimate of drug-likeness (QED) is 0.654. The summed E-state index contributed by atoms with van der Waals surface area (Å²) >= 11 is 0. The molecule has 0 bridgehead atoms. The molecule has 13 heavy (non-hydrogen) atoms. The summed E-state index contributed by atoms with van der Waals surface area (Å²) in [6.45, 7) is 1.72. The number of aromatic nitrogens is 2. The van der Waals surface area contributed by atoms with Crippen molar-refractivity contribution in [3.05, 3.63) is 24.3 Å². The van der Waals surface area contributed by atoms with Gasteiger partial charge >= 0.3 is 0 Å². The van der Waals surface area contributed by atoms with Crippen molar-refractivity contribution in [1.82, 2.24) is 15.3 Å². The first-order valence-corrected chi connectivity index (χ1v) is 3.76. The third-order valence-corrected chi connectivity index (χ3v) is 1.42. The normalized spacial score (nSPS) is 11.4. The van der Waals surface area contributed by atoms with Crippen molar-refractivity contribution in [2.45, 2.75) is 13.0 Å². The maximum Gasteiger partial charge on any atom is 0.255 e. The number of carbonyl (C=O) groups excluding carboxylic acids is 1. The summed E-state index contributed by atoms with van der Waals surface area (Å²) < 4.78 is 0. The summed E-state index contributed by atoms with van der Waals surface area (Å²) in [5, 5.41) is 2.59. The molecule has 1 unspecified atom stereocenters. The molecule has 0 spiro atoms. The Balaban J connectivity index is 2.66. The van der Waals surface area contributed by atoms with Crippen molar-refractivity contribution in [2.24, 2.45) is 0 Å². The minimum atomic E-state index is -0.285. The summed E-state index contributed by atoms with van der Waals surface area (Å²) in [6, 6.07) is -0.285. The second-order valence-electron chi connectivity index (χ2n) is 2.49. The average molecular weight is 175 g/mol. The summed E-state index contributed by atoms with van der Waals surface area (Å²) in [6.07, 6.45) is 9.34. The standard InChI is InChI=1S/C9H9N3O/c1-3-7(2)12-9(13)8-4-10-6-11-5-8/h1,4-7H,2H3,(H,12,13). The van der Waals surface area contributed by atoms with Gasteiger partial charge in [-0.25, -0.2) is 9.97 Å². The molecular formula is C9H9N3O. The number of nitrogens with zero attached hydrogens (tertiary/aromatic N) is 2. The Kier molecular flexibility index (Phi) is 2.98. The number of nitrogens with one attached hydrogen (secondary N) is 1. The van der Waals surface area contributed by atoms with Crippen molar-refractivity contribution in [1.29, 1.82) is 0 Å². The van der Waals surface area contributed by atoms with Gasteiger partial charge in [-0.15, -0.1) is 6.42 Å². The lowest BCUT2D eigenvalue weighted by Gasteiger charge is -2.06. The van der Waals surface area contributed by atoms with Gasteiger partial charge in [-0.3, -0.25) is 4.79 Å². The molecule has 0 fully saturated rings. The van der Waals surface area contributed by atoms with E-state index in [4.69, 9.17) is 6.42 Å². The predicted octanol–water partition coefficient (Wildman–Crippen LogP) is 0.228. The molecule has 66 valence electrons. The van der Waals surface area contributed by atoms with E-state index in [2.05, 4.69) is 21.2 Å². The van der Waals surface area contributed by atoms with Gasteiger partial charge < -0.3 is 5.32 Å². The Bertz CT molecular complexity index is 328. The van der Waals surface area contributed by atoms with Crippen molar-refractivity contribution in [3.63, 3.8) is 0 Å². The van der Waals surface area contributed by atoms with Gasteiger partial charge in [-0.05, 0) is 6.92 Å². The lowest BCUT2D eigenvalue weighted by atomic mass is 10.3. The van der Waals surface area contributed by atoms with Crippen LogP contribution in [0.3, 0.4) is 0 Å². The van der Waals surface area contributed by atoms with Gasteiger partial charge in [0.15, 0.2) is 0 Å². The largest absolute Gasteiger partial charge is 0.339 e. The lowest BCUT2D eigenvalue weighted by molar-refractivity contribution is 0.0947. The van der Waals surface area contributed by atoms with E-state index in [1.165, 1.54) is 18.7 Å². The lowest BCUT2D eigenvalue weighted by Crippen LogP contribution is -2.31. The number of hydrogen-bond acceptors (Lipinski definition) is 3. The molecule has 0 aromatic carbocycles. The van der Waals surface area contributed by atoms with Gasteiger partial charge in [0.25, 0.3) is 5.91 Å². The highest BCUT2D eigenvalue weighted by Crippen LogP contribution is 1.93. The predicted molar refractivity (Wildman–Crippen MR) is 47.8 cm³/mol. The van der Waals surface area contributed by atoms with E-state index < -0.39 is 0 Å². The van der Waals surface area contributed by atoms with Crippen LogP contribution in [-0.4, -0.2) is 21.9 Å². The van der Waals surface area contributed by atoms with E-state index >= 15 is 0 Å². The van der Waals surface area contributed by atoms with E-state index in [0.29, 0.717) is 5.56 Å². The Morgan fingerprint density at radius 3 is 2.77 bits per heavy atom. The molecule has 1 amide bonds. The SMILES string of the molecule is C#CC(C)NC(=O)c1cncnc1. The van der Waals surface area contributed by atoms with Gasteiger partial charge in [-0.1, -0.05) is 5.92 Å². The number of hydrogen-bond donors (Lipinski definition) is 1. The first kappa shape index (κ1) is 9.20. The van der Waals surface area contributed by atoms with Gasteiger partial charge in [0, 0.05) is 12.4 Å². The van der Waals surface area contributed by atoms with E-state index in [9.17, 15) is 4.79 Å². The smallest absolute Gasteiger partial charge is 0.255 e. The van der Waals surface area contributed by atoms with Crippen LogP contribution in [-0.2, 0) is 0 Å². The summed E-state index contributed by atoms with van der Waals surface area (Å²) in [7, 11) is 0. The Labute approximate surface area is 76.4 Å². The highest BCUT2D eigenvalue weighted by molar-refractivity contribution is 5.93. The molecule has 1 aromatic rings. The van der Waals surface area contributed by atoms with Crippen LogP contribution < -0.4 is 5.32 Å². The van der Waals surface area contributed by atoms with Crippen LogP contribution >= 0.6 is 0 Å². The molecule has 1 atom stereocenters. The molecule has 0 aliphatic carbocycles. The zero-order valence-electron chi connectivity index (χ0n) is 7.19. The fourth-order valence-electron chi connectivity index (χ4n) is 0.738.